The third-order valence-corrected chi connectivity index (χ3v) is 6.14. The van der Waals surface area contributed by atoms with Gasteiger partial charge in [0.1, 0.15) is 0 Å². The molecule has 8 nitrogen and oxygen atoms in total. The van der Waals surface area contributed by atoms with Crippen LogP contribution in [-0.4, -0.2) is 77.5 Å². The molecule has 0 unspecified atom stereocenters. The first-order valence-electron chi connectivity index (χ1n) is 11.1. The van der Waals surface area contributed by atoms with E-state index in [1.807, 2.05) is 15.9 Å². The number of aromatic nitrogens is 2. The third kappa shape index (κ3) is 5.51. The Labute approximate surface area is 183 Å². The molecule has 0 bridgehead atoms. The molecule has 164 valence electrons. The molecule has 1 aromatic heterocycles. The number of piperazine rings is 1. The molecule has 8 heteroatoms. The number of rotatable bonds is 5. The number of anilines is 1. The van der Waals surface area contributed by atoms with Crippen LogP contribution in [0.15, 0.2) is 48.8 Å². The van der Waals surface area contributed by atoms with E-state index in [9.17, 15) is 9.59 Å². The highest BCUT2D eigenvalue weighted by molar-refractivity contribution is 5.78. The van der Waals surface area contributed by atoms with Gasteiger partial charge < -0.3 is 20.0 Å². The molecule has 0 spiro atoms. The molecule has 0 aliphatic carbocycles. The Morgan fingerprint density at radius 3 is 2.23 bits per heavy atom. The minimum absolute atomic E-state index is 0.0645. The van der Waals surface area contributed by atoms with Gasteiger partial charge in [-0.2, -0.15) is 0 Å². The van der Waals surface area contributed by atoms with E-state index in [0.717, 1.165) is 39.0 Å². The molecule has 0 saturated carbocycles. The average molecular weight is 423 g/mol. The maximum atomic E-state index is 12.5. The van der Waals surface area contributed by atoms with Gasteiger partial charge in [-0.3, -0.25) is 4.79 Å². The fraction of sp³-hybridized carbons (Fsp3) is 0.478. The highest BCUT2D eigenvalue weighted by Gasteiger charge is 2.25. The van der Waals surface area contributed by atoms with Crippen LogP contribution in [0, 0.1) is 0 Å². The summed E-state index contributed by atoms with van der Waals surface area (Å²) in [4.78, 5) is 39.3. The number of likely N-dealkylation sites (tertiary alicyclic amines) is 1. The highest BCUT2D eigenvalue weighted by Crippen LogP contribution is 2.27. The molecule has 1 aromatic carbocycles. The number of benzene rings is 1. The fourth-order valence-corrected chi connectivity index (χ4v) is 4.30. The molecule has 3 heterocycles. The van der Waals surface area contributed by atoms with E-state index in [4.69, 9.17) is 0 Å². The molecule has 2 aliphatic heterocycles. The number of hydrogen-bond donors (Lipinski definition) is 1. The fourth-order valence-electron chi connectivity index (χ4n) is 4.30. The highest BCUT2D eigenvalue weighted by atomic mass is 16.2. The van der Waals surface area contributed by atoms with Crippen LogP contribution in [0.5, 0.6) is 0 Å². The Balaban J connectivity index is 1.14. The zero-order chi connectivity index (χ0) is 21.5. The summed E-state index contributed by atoms with van der Waals surface area (Å²) < 4.78 is 0. The van der Waals surface area contributed by atoms with E-state index in [1.165, 1.54) is 5.56 Å². The molecule has 0 radical (unpaired) electrons. The molecule has 2 aromatic rings. The van der Waals surface area contributed by atoms with Crippen molar-refractivity contribution in [1.82, 2.24) is 25.1 Å². The van der Waals surface area contributed by atoms with Gasteiger partial charge in [0, 0.05) is 64.6 Å². The Morgan fingerprint density at radius 2 is 1.55 bits per heavy atom. The van der Waals surface area contributed by atoms with Crippen molar-refractivity contribution in [3.63, 3.8) is 0 Å². The van der Waals surface area contributed by atoms with E-state index >= 15 is 0 Å². The molecule has 2 aliphatic rings. The van der Waals surface area contributed by atoms with Crippen LogP contribution in [-0.2, 0) is 4.79 Å². The lowest BCUT2D eigenvalue weighted by atomic mass is 9.90. The number of piperidine rings is 1. The molecule has 0 atom stereocenters. The first kappa shape index (κ1) is 21.1. The van der Waals surface area contributed by atoms with Gasteiger partial charge in [0.15, 0.2) is 0 Å². The SMILES string of the molecule is O=C(CCNC(=O)N1CCC(c2ccccc2)CC1)N1CCN(c2ncccn2)CC1. The Kier molecular flexibility index (Phi) is 6.96. The van der Waals surface area contributed by atoms with Crippen LogP contribution >= 0.6 is 0 Å². The van der Waals surface area contributed by atoms with Gasteiger partial charge >= 0.3 is 6.03 Å². The van der Waals surface area contributed by atoms with Gasteiger partial charge in [0.25, 0.3) is 0 Å². The Hall–Kier alpha value is -3.16. The van der Waals surface area contributed by atoms with E-state index < -0.39 is 0 Å². The number of hydrogen-bond acceptors (Lipinski definition) is 5. The second-order valence-corrected chi connectivity index (χ2v) is 8.07. The molecule has 3 amide bonds. The summed E-state index contributed by atoms with van der Waals surface area (Å²) in [6.07, 6.45) is 5.74. The van der Waals surface area contributed by atoms with E-state index in [0.29, 0.717) is 37.9 Å². The Bertz CT molecular complexity index is 775. The number of carbonyl (C=O) groups excluding carboxylic acids is 2. The molecular formula is C23H30N6O2. The lowest BCUT2D eigenvalue weighted by molar-refractivity contribution is -0.131. The maximum absolute atomic E-state index is 12.5. The zero-order valence-electron chi connectivity index (χ0n) is 17.8. The number of nitrogens with zero attached hydrogens (tertiary/aromatic N) is 5. The summed E-state index contributed by atoms with van der Waals surface area (Å²) in [6, 6.07) is 12.2. The summed E-state index contributed by atoms with van der Waals surface area (Å²) in [7, 11) is 0. The van der Waals surface area contributed by atoms with Crippen LogP contribution in [0.4, 0.5) is 10.7 Å². The minimum Gasteiger partial charge on any atom is -0.339 e. The van der Waals surface area contributed by atoms with Gasteiger partial charge in [-0.25, -0.2) is 14.8 Å². The van der Waals surface area contributed by atoms with Crippen LogP contribution in [0.1, 0.15) is 30.7 Å². The summed E-state index contributed by atoms with van der Waals surface area (Å²) in [6.45, 7) is 4.62. The van der Waals surface area contributed by atoms with E-state index in [2.05, 4.69) is 44.5 Å². The standard InChI is InChI=1S/C23H30N6O2/c30-21(27-15-17-28(18-16-27)22-24-10-4-11-25-22)7-12-26-23(31)29-13-8-20(9-14-29)19-5-2-1-3-6-19/h1-6,10-11,20H,7-9,12-18H2,(H,26,31). The summed E-state index contributed by atoms with van der Waals surface area (Å²) in [5.41, 5.74) is 1.35. The van der Waals surface area contributed by atoms with Gasteiger partial charge in [0.2, 0.25) is 11.9 Å². The Morgan fingerprint density at radius 1 is 0.871 bits per heavy atom. The van der Waals surface area contributed by atoms with E-state index in [1.54, 1.807) is 18.5 Å². The van der Waals surface area contributed by atoms with Crippen molar-refractivity contribution in [1.29, 1.82) is 0 Å². The molecule has 4 rings (SSSR count). The van der Waals surface area contributed by atoms with Gasteiger partial charge in [0.05, 0.1) is 0 Å². The monoisotopic (exact) mass is 422 g/mol. The predicted octanol–water partition coefficient (Wildman–Crippen LogP) is 2.10. The summed E-state index contributed by atoms with van der Waals surface area (Å²) in [5.74, 6) is 1.31. The van der Waals surface area contributed by atoms with Crippen LogP contribution in [0.3, 0.4) is 0 Å². The number of amides is 3. The molecule has 31 heavy (non-hydrogen) atoms. The number of carbonyl (C=O) groups is 2. The second kappa shape index (κ2) is 10.2. The smallest absolute Gasteiger partial charge is 0.317 e. The van der Waals surface area contributed by atoms with Gasteiger partial charge in [-0.15, -0.1) is 0 Å². The van der Waals surface area contributed by atoms with Crippen molar-refractivity contribution in [3.8, 4) is 0 Å². The first-order valence-corrected chi connectivity index (χ1v) is 11.1. The molecule has 2 fully saturated rings. The van der Waals surface area contributed by atoms with Gasteiger partial charge in [-0.05, 0) is 30.4 Å². The first-order chi connectivity index (χ1) is 15.2. The predicted molar refractivity (Wildman–Crippen MR) is 119 cm³/mol. The van der Waals surface area contributed by atoms with Crippen molar-refractivity contribution in [2.45, 2.75) is 25.2 Å². The minimum atomic E-state index is -0.0645. The molecule has 1 N–H and O–H groups in total. The van der Waals surface area contributed by atoms with Crippen molar-refractivity contribution in [2.24, 2.45) is 0 Å². The third-order valence-electron chi connectivity index (χ3n) is 6.14. The van der Waals surface area contributed by atoms with Crippen LogP contribution < -0.4 is 10.2 Å². The van der Waals surface area contributed by atoms with Crippen molar-refractivity contribution in [3.05, 3.63) is 54.4 Å². The topological polar surface area (TPSA) is 81.7 Å². The summed E-state index contributed by atoms with van der Waals surface area (Å²) in [5, 5.41) is 2.92. The molecular weight excluding hydrogens is 392 g/mol. The largest absolute Gasteiger partial charge is 0.339 e. The normalized spacial score (nSPS) is 17.5. The quantitative estimate of drug-likeness (QED) is 0.798. The van der Waals surface area contributed by atoms with E-state index in [-0.39, 0.29) is 11.9 Å². The van der Waals surface area contributed by atoms with Crippen LogP contribution in [0.2, 0.25) is 0 Å². The van der Waals surface area contributed by atoms with Crippen molar-refractivity contribution >= 4 is 17.9 Å². The van der Waals surface area contributed by atoms with Crippen LogP contribution in [0.25, 0.3) is 0 Å². The van der Waals surface area contributed by atoms with Gasteiger partial charge in [-0.1, -0.05) is 30.3 Å². The lowest BCUT2D eigenvalue weighted by Gasteiger charge is -2.35. The van der Waals surface area contributed by atoms with Crippen molar-refractivity contribution in [2.75, 3.05) is 50.7 Å². The second-order valence-electron chi connectivity index (χ2n) is 8.07. The zero-order valence-corrected chi connectivity index (χ0v) is 17.8. The lowest BCUT2D eigenvalue weighted by Crippen LogP contribution is -2.50. The number of urea groups is 1. The number of nitrogens with one attached hydrogen (secondary N) is 1. The maximum Gasteiger partial charge on any atom is 0.317 e. The summed E-state index contributed by atoms with van der Waals surface area (Å²) >= 11 is 0. The average Bonchev–Trinajstić information content (AvgIpc) is 2.85. The molecule has 2 saturated heterocycles. The van der Waals surface area contributed by atoms with Crippen molar-refractivity contribution < 1.29 is 9.59 Å².